The molecule has 1 aliphatic heterocycles. The average molecular weight is 323 g/mol. The van der Waals surface area contributed by atoms with Gasteiger partial charge in [-0.3, -0.25) is 4.79 Å². The Kier molecular flexibility index (Phi) is 3.69. The van der Waals surface area contributed by atoms with E-state index in [2.05, 4.69) is 5.32 Å². The van der Waals surface area contributed by atoms with Gasteiger partial charge >= 0.3 is 5.97 Å². The standard InChI is InChI=1S/C19H17NO4/c21-18(20-15-5-6-15)13-2-1-3-16(11-13)24-19(22)14-4-7-17-12(10-14)8-9-23-17/h1-4,7,10-11,15H,5-6,8-9H2,(H,20,21). The molecule has 0 spiro atoms. The van der Waals surface area contributed by atoms with E-state index in [1.54, 1.807) is 42.5 Å². The Hall–Kier alpha value is -2.82. The van der Waals surface area contributed by atoms with Crippen molar-refractivity contribution in [3.63, 3.8) is 0 Å². The Labute approximate surface area is 139 Å². The number of ether oxygens (including phenoxy) is 2. The number of benzene rings is 2. The lowest BCUT2D eigenvalue weighted by Gasteiger charge is -2.08. The van der Waals surface area contributed by atoms with Crippen LogP contribution in [-0.4, -0.2) is 24.5 Å². The molecule has 0 unspecified atom stereocenters. The molecule has 2 aliphatic rings. The molecule has 2 aromatic carbocycles. The quantitative estimate of drug-likeness (QED) is 0.694. The fourth-order valence-electron chi connectivity index (χ4n) is 2.68. The van der Waals surface area contributed by atoms with E-state index in [9.17, 15) is 9.59 Å². The van der Waals surface area contributed by atoms with Crippen molar-refractivity contribution < 1.29 is 19.1 Å². The number of hydrogen-bond acceptors (Lipinski definition) is 4. The molecule has 1 aliphatic carbocycles. The van der Waals surface area contributed by atoms with Gasteiger partial charge in [-0.1, -0.05) is 6.07 Å². The second kappa shape index (κ2) is 6.00. The van der Waals surface area contributed by atoms with Crippen LogP contribution in [0.1, 0.15) is 39.1 Å². The molecular weight excluding hydrogens is 306 g/mol. The van der Waals surface area contributed by atoms with Crippen molar-refractivity contribution >= 4 is 11.9 Å². The van der Waals surface area contributed by atoms with Crippen molar-refractivity contribution in [1.29, 1.82) is 0 Å². The van der Waals surface area contributed by atoms with Crippen molar-refractivity contribution in [2.45, 2.75) is 25.3 Å². The van der Waals surface area contributed by atoms with Crippen molar-refractivity contribution in [2.75, 3.05) is 6.61 Å². The predicted molar refractivity (Wildman–Crippen MR) is 87.5 cm³/mol. The van der Waals surface area contributed by atoms with Gasteiger partial charge < -0.3 is 14.8 Å². The third-order valence-electron chi connectivity index (χ3n) is 4.14. The maximum absolute atomic E-state index is 12.3. The third-order valence-corrected chi connectivity index (χ3v) is 4.14. The van der Waals surface area contributed by atoms with Crippen LogP contribution in [0.15, 0.2) is 42.5 Å². The molecule has 0 aromatic heterocycles. The number of carbonyl (C=O) groups excluding carboxylic acids is 2. The van der Waals surface area contributed by atoms with E-state index in [-0.39, 0.29) is 11.9 Å². The van der Waals surface area contributed by atoms with Gasteiger partial charge in [-0.15, -0.1) is 0 Å². The zero-order chi connectivity index (χ0) is 16.5. The Morgan fingerprint density at radius 3 is 2.79 bits per heavy atom. The van der Waals surface area contributed by atoms with E-state index in [0.29, 0.717) is 23.5 Å². The number of amides is 1. The van der Waals surface area contributed by atoms with Gasteiger partial charge in [0.2, 0.25) is 0 Å². The van der Waals surface area contributed by atoms with Crippen LogP contribution >= 0.6 is 0 Å². The van der Waals surface area contributed by atoms with Gasteiger partial charge in [-0.25, -0.2) is 4.79 Å². The fraction of sp³-hybridized carbons (Fsp3) is 0.263. The van der Waals surface area contributed by atoms with E-state index in [0.717, 1.165) is 30.6 Å². The molecule has 1 fully saturated rings. The molecule has 2 aromatic rings. The summed E-state index contributed by atoms with van der Waals surface area (Å²) < 4.78 is 10.8. The van der Waals surface area contributed by atoms with Crippen LogP contribution in [0.3, 0.4) is 0 Å². The molecule has 5 heteroatoms. The second-order valence-electron chi connectivity index (χ2n) is 6.09. The molecule has 1 heterocycles. The highest BCUT2D eigenvalue weighted by molar-refractivity contribution is 5.95. The van der Waals surface area contributed by atoms with Gasteiger partial charge in [-0.05, 0) is 54.8 Å². The molecule has 1 amide bonds. The summed E-state index contributed by atoms with van der Waals surface area (Å²) in [4.78, 5) is 24.4. The van der Waals surface area contributed by atoms with Crippen LogP contribution in [0.25, 0.3) is 0 Å². The minimum Gasteiger partial charge on any atom is -0.493 e. The zero-order valence-corrected chi connectivity index (χ0v) is 13.1. The van der Waals surface area contributed by atoms with E-state index in [1.165, 1.54) is 0 Å². The zero-order valence-electron chi connectivity index (χ0n) is 13.1. The van der Waals surface area contributed by atoms with Crippen molar-refractivity contribution in [2.24, 2.45) is 0 Å². The summed E-state index contributed by atoms with van der Waals surface area (Å²) in [5.41, 5.74) is 1.99. The Morgan fingerprint density at radius 2 is 1.96 bits per heavy atom. The SMILES string of the molecule is O=C(NC1CC1)c1cccc(OC(=O)c2ccc3c(c2)CCO3)c1. The average Bonchev–Trinajstić information content (AvgIpc) is 3.28. The van der Waals surface area contributed by atoms with Gasteiger partial charge in [0.15, 0.2) is 0 Å². The maximum Gasteiger partial charge on any atom is 0.343 e. The third kappa shape index (κ3) is 3.11. The van der Waals surface area contributed by atoms with Crippen LogP contribution < -0.4 is 14.8 Å². The van der Waals surface area contributed by atoms with Gasteiger partial charge in [-0.2, -0.15) is 0 Å². The lowest BCUT2D eigenvalue weighted by atomic mass is 10.1. The van der Waals surface area contributed by atoms with Crippen molar-refractivity contribution in [1.82, 2.24) is 5.32 Å². The number of rotatable bonds is 4. The Morgan fingerprint density at radius 1 is 1.08 bits per heavy atom. The largest absolute Gasteiger partial charge is 0.493 e. The predicted octanol–water partition coefficient (Wildman–Crippen LogP) is 2.73. The van der Waals surface area contributed by atoms with E-state index in [1.807, 2.05) is 0 Å². The molecule has 1 saturated carbocycles. The van der Waals surface area contributed by atoms with E-state index >= 15 is 0 Å². The molecule has 5 nitrogen and oxygen atoms in total. The molecule has 0 saturated heterocycles. The first-order valence-electron chi connectivity index (χ1n) is 8.08. The van der Waals surface area contributed by atoms with Crippen molar-refractivity contribution in [3.8, 4) is 11.5 Å². The number of fused-ring (bicyclic) bond motifs is 1. The Bertz CT molecular complexity index is 811. The molecule has 1 N–H and O–H groups in total. The molecule has 122 valence electrons. The highest BCUT2D eigenvalue weighted by Crippen LogP contribution is 2.26. The molecule has 24 heavy (non-hydrogen) atoms. The van der Waals surface area contributed by atoms with E-state index in [4.69, 9.17) is 9.47 Å². The van der Waals surface area contributed by atoms with E-state index < -0.39 is 5.97 Å². The van der Waals surface area contributed by atoms with Crippen LogP contribution in [-0.2, 0) is 6.42 Å². The first kappa shape index (κ1) is 14.8. The monoisotopic (exact) mass is 323 g/mol. The molecule has 0 bridgehead atoms. The van der Waals surface area contributed by atoms with Gasteiger partial charge in [0.05, 0.1) is 12.2 Å². The Balaban J connectivity index is 1.48. The molecular formula is C19H17NO4. The summed E-state index contributed by atoms with van der Waals surface area (Å²) in [7, 11) is 0. The number of hydrogen-bond donors (Lipinski definition) is 1. The second-order valence-corrected chi connectivity index (χ2v) is 6.09. The van der Waals surface area contributed by atoms with Crippen LogP contribution in [0.2, 0.25) is 0 Å². The minimum atomic E-state index is -0.440. The van der Waals surface area contributed by atoms with Crippen LogP contribution in [0.4, 0.5) is 0 Å². The summed E-state index contributed by atoms with van der Waals surface area (Å²) in [5.74, 6) is 0.611. The summed E-state index contributed by atoms with van der Waals surface area (Å²) in [6.07, 6.45) is 2.86. The van der Waals surface area contributed by atoms with Gasteiger partial charge in [0.1, 0.15) is 11.5 Å². The minimum absolute atomic E-state index is 0.134. The summed E-state index contributed by atoms with van der Waals surface area (Å²) in [5, 5.41) is 2.92. The summed E-state index contributed by atoms with van der Waals surface area (Å²) in [6, 6.07) is 12.2. The smallest absolute Gasteiger partial charge is 0.343 e. The topological polar surface area (TPSA) is 64.6 Å². The number of carbonyl (C=O) groups is 2. The maximum atomic E-state index is 12.3. The summed E-state index contributed by atoms with van der Waals surface area (Å²) >= 11 is 0. The van der Waals surface area contributed by atoms with Gasteiger partial charge in [0, 0.05) is 18.0 Å². The fourth-order valence-corrected chi connectivity index (χ4v) is 2.68. The molecule has 0 radical (unpaired) electrons. The lowest BCUT2D eigenvalue weighted by Crippen LogP contribution is -2.25. The van der Waals surface area contributed by atoms with Crippen LogP contribution in [0.5, 0.6) is 11.5 Å². The highest BCUT2D eigenvalue weighted by atomic mass is 16.5. The molecule has 0 atom stereocenters. The highest BCUT2D eigenvalue weighted by Gasteiger charge is 2.24. The molecule has 4 rings (SSSR count). The van der Waals surface area contributed by atoms with Gasteiger partial charge in [0.25, 0.3) is 5.91 Å². The van der Waals surface area contributed by atoms with Crippen molar-refractivity contribution in [3.05, 3.63) is 59.2 Å². The summed E-state index contributed by atoms with van der Waals surface area (Å²) in [6.45, 7) is 0.645. The first-order chi connectivity index (χ1) is 11.7. The number of esters is 1. The number of nitrogens with one attached hydrogen (secondary N) is 1. The normalized spacial score (nSPS) is 15.3. The first-order valence-corrected chi connectivity index (χ1v) is 8.08. The van der Waals surface area contributed by atoms with Crippen LogP contribution in [0, 0.1) is 0 Å². The lowest BCUT2D eigenvalue weighted by molar-refractivity contribution is 0.0733.